The van der Waals surface area contributed by atoms with Crippen LogP contribution in [-0.2, 0) is 17.6 Å². The summed E-state index contributed by atoms with van der Waals surface area (Å²) < 4.78 is 5.18. The summed E-state index contributed by atoms with van der Waals surface area (Å²) in [6.07, 6.45) is 6.89. The van der Waals surface area contributed by atoms with Crippen LogP contribution in [0.3, 0.4) is 0 Å². The van der Waals surface area contributed by atoms with Crippen LogP contribution in [0, 0.1) is 11.3 Å². The number of rotatable bonds is 4. The number of aryl methyl sites for hydroxylation is 1. The van der Waals surface area contributed by atoms with Gasteiger partial charge in [-0.3, -0.25) is 9.59 Å². The zero-order valence-corrected chi connectivity index (χ0v) is 17.1. The normalized spacial score (nSPS) is 17.3. The maximum absolute atomic E-state index is 12.6. The summed E-state index contributed by atoms with van der Waals surface area (Å²) in [5.41, 5.74) is 1.80. The number of hydrogen-bond acceptors (Lipinski definition) is 5. The van der Waals surface area contributed by atoms with Gasteiger partial charge in [0.05, 0.1) is 38.0 Å². The van der Waals surface area contributed by atoms with E-state index in [2.05, 4.69) is 11.4 Å². The molecular formula is C21H25N4O3S+. The molecule has 152 valence electrons. The second-order valence-electron chi connectivity index (χ2n) is 7.62. The van der Waals surface area contributed by atoms with Crippen molar-refractivity contribution in [2.45, 2.75) is 32.1 Å². The summed E-state index contributed by atoms with van der Waals surface area (Å²) in [5.74, 6) is 0.184. The minimum Gasteiger partial charge on any atom is -0.459 e. The molecule has 1 saturated heterocycles. The van der Waals surface area contributed by atoms with Crippen LogP contribution >= 0.6 is 11.3 Å². The molecule has 8 heteroatoms. The molecule has 2 aromatic rings. The first-order chi connectivity index (χ1) is 14.2. The van der Waals surface area contributed by atoms with Crippen LogP contribution in [0.15, 0.2) is 22.8 Å². The summed E-state index contributed by atoms with van der Waals surface area (Å²) in [4.78, 5) is 29.1. The Morgan fingerprint density at radius 2 is 2.03 bits per heavy atom. The van der Waals surface area contributed by atoms with Crippen molar-refractivity contribution in [2.24, 2.45) is 0 Å². The fourth-order valence-corrected chi connectivity index (χ4v) is 5.36. The van der Waals surface area contributed by atoms with Crippen molar-refractivity contribution in [3.05, 3.63) is 40.2 Å². The van der Waals surface area contributed by atoms with Gasteiger partial charge >= 0.3 is 0 Å². The Morgan fingerprint density at radius 1 is 1.24 bits per heavy atom. The largest absolute Gasteiger partial charge is 0.459 e. The number of thiophene rings is 1. The van der Waals surface area contributed by atoms with Crippen molar-refractivity contribution in [3.8, 4) is 6.07 Å². The fourth-order valence-electron chi connectivity index (χ4n) is 4.11. The number of carbonyl (C=O) groups excluding carboxylic acids is 2. The second-order valence-corrected chi connectivity index (χ2v) is 8.73. The molecule has 2 amide bonds. The molecule has 0 atom stereocenters. The number of amides is 2. The number of nitriles is 1. The van der Waals surface area contributed by atoms with Crippen molar-refractivity contribution < 1.29 is 18.9 Å². The van der Waals surface area contributed by atoms with Gasteiger partial charge in [-0.05, 0) is 43.4 Å². The van der Waals surface area contributed by atoms with Crippen LogP contribution in [-0.4, -0.2) is 49.4 Å². The number of carbonyl (C=O) groups is 2. The third-order valence-corrected chi connectivity index (χ3v) is 6.89. The van der Waals surface area contributed by atoms with E-state index in [1.165, 1.54) is 17.6 Å². The van der Waals surface area contributed by atoms with E-state index in [0.717, 1.165) is 36.1 Å². The maximum atomic E-state index is 12.6. The van der Waals surface area contributed by atoms with Gasteiger partial charge in [0.1, 0.15) is 11.1 Å². The van der Waals surface area contributed by atoms with Crippen molar-refractivity contribution >= 4 is 28.2 Å². The lowest BCUT2D eigenvalue weighted by atomic mass is 10.1. The third kappa shape index (κ3) is 4.36. The van der Waals surface area contributed by atoms with Gasteiger partial charge < -0.3 is 19.5 Å². The molecule has 0 radical (unpaired) electrons. The summed E-state index contributed by atoms with van der Waals surface area (Å²) in [6, 6.07) is 5.69. The minimum atomic E-state index is -0.0998. The van der Waals surface area contributed by atoms with Gasteiger partial charge in [-0.2, -0.15) is 5.26 Å². The smallest absolute Gasteiger partial charge is 0.289 e. The Morgan fingerprint density at radius 3 is 2.76 bits per heavy atom. The standard InChI is InChI=1S/C21H24N4O3S/c22-13-16-15-5-2-1-3-7-18(15)29-20(16)23-19(26)14-24-8-10-25(11-9-24)21(27)17-6-4-12-28-17/h4,6,12H,1-3,5,7-11,14H2,(H,23,26)/p+1. The molecule has 7 nitrogen and oxygen atoms in total. The van der Waals surface area contributed by atoms with E-state index in [0.29, 0.717) is 49.0 Å². The lowest BCUT2D eigenvalue weighted by molar-refractivity contribution is -0.895. The van der Waals surface area contributed by atoms with E-state index in [1.54, 1.807) is 28.4 Å². The first-order valence-electron chi connectivity index (χ1n) is 10.2. The first kappa shape index (κ1) is 19.7. The van der Waals surface area contributed by atoms with Crippen molar-refractivity contribution in [3.63, 3.8) is 0 Å². The molecule has 2 aliphatic rings. The zero-order chi connectivity index (χ0) is 20.2. The molecule has 3 heterocycles. The number of hydrogen-bond donors (Lipinski definition) is 2. The van der Waals surface area contributed by atoms with Crippen molar-refractivity contribution in [1.82, 2.24) is 4.90 Å². The van der Waals surface area contributed by atoms with Crippen LogP contribution in [0.1, 0.15) is 45.8 Å². The third-order valence-electron chi connectivity index (χ3n) is 5.69. The van der Waals surface area contributed by atoms with Gasteiger partial charge in [0.15, 0.2) is 12.3 Å². The molecule has 29 heavy (non-hydrogen) atoms. The molecule has 0 aromatic carbocycles. The molecule has 0 saturated carbocycles. The molecule has 1 fully saturated rings. The predicted octanol–water partition coefficient (Wildman–Crippen LogP) is 1.46. The minimum absolute atomic E-state index is 0.0706. The molecular weight excluding hydrogens is 388 g/mol. The van der Waals surface area contributed by atoms with Gasteiger partial charge in [-0.25, -0.2) is 0 Å². The van der Waals surface area contributed by atoms with Crippen molar-refractivity contribution in [1.29, 1.82) is 5.26 Å². The van der Waals surface area contributed by atoms with E-state index in [-0.39, 0.29) is 11.8 Å². The monoisotopic (exact) mass is 413 g/mol. The molecule has 2 aromatic heterocycles. The molecule has 2 N–H and O–H groups in total. The molecule has 0 unspecified atom stereocenters. The number of quaternary nitrogens is 1. The summed E-state index contributed by atoms with van der Waals surface area (Å²) in [7, 11) is 0. The second kappa shape index (κ2) is 8.80. The van der Waals surface area contributed by atoms with Gasteiger partial charge in [-0.15, -0.1) is 11.3 Å². The van der Waals surface area contributed by atoms with Gasteiger partial charge in [0.25, 0.3) is 11.8 Å². The average Bonchev–Trinajstić information content (AvgIpc) is 3.31. The number of anilines is 1. The van der Waals surface area contributed by atoms with Crippen LogP contribution in [0.4, 0.5) is 5.00 Å². The molecule has 1 aliphatic carbocycles. The van der Waals surface area contributed by atoms with E-state index in [9.17, 15) is 14.9 Å². The Kier molecular flexibility index (Phi) is 5.97. The Hall–Kier alpha value is -2.63. The number of fused-ring (bicyclic) bond motifs is 1. The predicted molar refractivity (Wildman–Crippen MR) is 109 cm³/mol. The van der Waals surface area contributed by atoms with E-state index in [1.807, 2.05) is 0 Å². The number of nitrogens with zero attached hydrogens (tertiary/aromatic N) is 2. The lowest BCUT2D eigenvalue weighted by Crippen LogP contribution is -3.15. The summed E-state index contributed by atoms with van der Waals surface area (Å²) in [6.45, 7) is 2.96. The van der Waals surface area contributed by atoms with E-state index < -0.39 is 0 Å². The highest BCUT2D eigenvalue weighted by molar-refractivity contribution is 7.16. The van der Waals surface area contributed by atoms with Crippen LogP contribution < -0.4 is 10.2 Å². The SMILES string of the molecule is N#Cc1c(NC(=O)C[NH+]2CCN(C(=O)c3ccco3)CC2)sc2c1CCCCC2. The van der Waals surface area contributed by atoms with Crippen molar-refractivity contribution in [2.75, 3.05) is 38.0 Å². The highest BCUT2D eigenvalue weighted by Gasteiger charge is 2.28. The molecule has 0 bridgehead atoms. The highest BCUT2D eigenvalue weighted by atomic mass is 32.1. The Balaban J connectivity index is 1.32. The number of nitrogens with one attached hydrogen (secondary N) is 2. The van der Waals surface area contributed by atoms with Gasteiger partial charge in [0.2, 0.25) is 0 Å². The topological polar surface area (TPSA) is 90.8 Å². The lowest BCUT2D eigenvalue weighted by Gasteiger charge is -2.31. The number of furan rings is 1. The molecule has 1 aliphatic heterocycles. The molecule has 0 spiro atoms. The fraction of sp³-hybridized carbons (Fsp3) is 0.476. The zero-order valence-electron chi connectivity index (χ0n) is 16.3. The first-order valence-corrected chi connectivity index (χ1v) is 11.0. The average molecular weight is 414 g/mol. The van der Waals surface area contributed by atoms with E-state index in [4.69, 9.17) is 4.42 Å². The van der Waals surface area contributed by atoms with Crippen LogP contribution in [0.25, 0.3) is 0 Å². The van der Waals surface area contributed by atoms with Crippen LogP contribution in [0.2, 0.25) is 0 Å². The van der Waals surface area contributed by atoms with Crippen LogP contribution in [0.5, 0.6) is 0 Å². The van der Waals surface area contributed by atoms with Gasteiger partial charge in [0, 0.05) is 4.88 Å². The number of piperazine rings is 1. The Labute approximate surface area is 173 Å². The van der Waals surface area contributed by atoms with Gasteiger partial charge in [-0.1, -0.05) is 6.42 Å². The molecule has 4 rings (SSSR count). The summed E-state index contributed by atoms with van der Waals surface area (Å²) >= 11 is 1.57. The highest BCUT2D eigenvalue weighted by Crippen LogP contribution is 2.36. The quantitative estimate of drug-likeness (QED) is 0.743. The summed E-state index contributed by atoms with van der Waals surface area (Å²) in [5, 5.41) is 13.3. The van der Waals surface area contributed by atoms with E-state index >= 15 is 0 Å². The Bertz CT molecular complexity index is 921. The maximum Gasteiger partial charge on any atom is 0.289 e.